The van der Waals surface area contributed by atoms with Crippen LogP contribution in [0.4, 0.5) is 5.69 Å². The molecule has 188 valence electrons. The number of anilines is 1. The summed E-state index contributed by atoms with van der Waals surface area (Å²) in [5.41, 5.74) is 1.11. The molecule has 0 aliphatic rings. The number of nitrogens with one attached hydrogen (secondary N) is 1. The van der Waals surface area contributed by atoms with E-state index in [4.69, 9.17) is 32.7 Å². The van der Waals surface area contributed by atoms with Crippen LogP contribution in [0, 0.1) is 0 Å². The summed E-state index contributed by atoms with van der Waals surface area (Å²) < 4.78 is 13.1. The van der Waals surface area contributed by atoms with E-state index in [2.05, 4.69) is 27.0 Å². The van der Waals surface area contributed by atoms with Crippen molar-refractivity contribution in [1.29, 1.82) is 0 Å². The van der Waals surface area contributed by atoms with Crippen molar-refractivity contribution < 1.29 is 19.4 Å². The first kappa shape index (κ1) is 25.9. The van der Waals surface area contributed by atoms with Gasteiger partial charge in [-0.3, -0.25) is 14.5 Å². The van der Waals surface area contributed by atoms with Crippen LogP contribution in [0.15, 0.2) is 37.2 Å². The largest absolute Gasteiger partial charge is 0.495 e. The Hall–Kier alpha value is -3.18. The lowest BCUT2D eigenvalue weighted by molar-refractivity contribution is -0.111. The number of nitrogens with zero attached hydrogens (tertiary/aromatic N) is 4. The van der Waals surface area contributed by atoms with Gasteiger partial charge in [0, 0.05) is 43.2 Å². The van der Waals surface area contributed by atoms with E-state index in [1.54, 1.807) is 37.1 Å². The summed E-state index contributed by atoms with van der Waals surface area (Å²) in [4.78, 5) is 21.0. The first-order valence-corrected chi connectivity index (χ1v) is 12.2. The molecule has 1 amide bonds. The lowest BCUT2D eigenvalue weighted by atomic mass is 9.95. The summed E-state index contributed by atoms with van der Waals surface area (Å²) in [6.45, 7) is 5.04. The Labute approximate surface area is 221 Å². The molecule has 3 aromatic heterocycles. The highest BCUT2D eigenvalue weighted by atomic mass is 35.5. The molecule has 0 aliphatic carbocycles. The molecular formula is C24H23Cl2N5O4S. The number of amides is 1. The van der Waals surface area contributed by atoms with Crippen LogP contribution in [0.25, 0.3) is 10.2 Å². The fraction of sp³-hybridized carbons (Fsp3) is 0.250. The molecule has 36 heavy (non-hydrogen) atoms. The highest BCUT2D eigenvalue weighted by molar-refractivity contribution is 7.18. The second kappa shape index (κ2) is 10.1. The third kappa shape index (κ3) is 4.77. The maximum Gasteiger partial charge on any atom is 0.247 e. The lowest BCUT2D eigenvalue weighted by Gasteiger charge is -2.25. The maximum absolute atomic E-state index is 11.8. The van der Waals surface area contributed by atoms with Crippen molar-refractivity contribution in [2.75, 3.05) is 19.5 Å². The second-order valence-corrected chi connectivity index (χ2v) is 9.84. The zero-order valence-corrected chi connectivity index (χ0v) is 22.3. The van der Waals surface area contributed by atoms with Gasteiger partial charge >= 0.3 is 0 Å². The molecule has 1 atom stereocenters. The zero-order valence-electron chi connectivity index (χ0n) is 19.9. The number of thiazole rings is 1. The monoisotopic (exact) mass is 547 g/mol. The molecule has 9 nitrogen and oxygen atoms in total. The summed E-state index contributed by atoms with van der Waals surface area (Å²) in [5.74, 6) is 0.298. The normalized spacial score (nSPS) is 12.9. The van der Waals surface area contributed by atoms with Crippen LogP contribution in [0.5, 0.6) is 11.5 Å². The molecule has 0 fully saturated rings. The molecule has 4 aromatic rings. The number of fused-ring (bicyclic) bond motifs is 1. The quantitative estimate of drug-likeness (QED) is 0.307. The average molecular weight is 548 g/mol. The third-order valence-electron chi connectivity index (χ3n) is 5.51. The van der Waals surface area contributed by atoms with E-state index in [1.807, 2.05) is 6.07 Å². The number of aliphatic hydroxyl groups is 1. The number of ether oxygens (including phenoxy) is 2. The Morgan fingerprint density at radius 1 is 1.28 bits per heavy atom. The Bertz CT molecular complexity index is 1450. The minimum absolute atomic E-state index is 0.163. The average Bonchev–Trinajstić information content (AvgIpc) is 3.42. The highest BCUT2D eigenvalue weighted by Gasteiger charge is 2.37. The van der Waals surface area contributed by atoms with Gasteiger partial charge in [-0.1, -0.05) is 29.8 Å². The number of rotatable bonds is 8. The van der Waals surface area contributed by atoms with E-state index >= 15 is 0 Å². The van der Waals surface area contributed by atoms with E-state index < -0.39 is 5.60 Å². The maximum atomic E-state index is 11.8. The number of carbonyl (C=O) groups excluding carboxylic acids is 1. The van der Waals surface area contributed by atoms with Crippen molar-refractivity contribution >= 4 is 56.3 Å². The van der Waals surface area contributed by atoms with Gasteiger partial charge in [0.05, 0.1) is 45.9 Å². The summed E-state index contributed by atoms with van der Waals surface area (Å²) in [6, 6.07) is 3.37. The molecule has 1 aromatic carbocycles. The Kier molecular flexibility index (Phi) is 7.24. The summed E-state index contributed by atoms with van der Waals surface area (Å²) in [7, 11) is 4.70. The van der Waals surface area contributed by atoms with Gasteiger partial charge in [0.2, 0.25) is 5.91 Å². The predicted octanol–water partition coefficient (Wildman–Crippen LogP) is 4.72. The first-order valence-electron chi connectivity index (χ1n) is 10.6. The van der Waals surface area contributed by atoms with Crippen molar-refractivity contribution in [2.24, 2.45) is 7.05 Å². The molecular weight excluding hydrogens is 525 g/mol. The number of hydrogen-bond donors (Lipinski definition) is 2. The number of halogens is 2. The van der Waals surface area contributed by atoms with Crippen molar-refractivity contribution in [1.82, 2.24) is 19.7 Å². The Morgan fingerprint density at radius 2 is 1.94 bits per heavy atom. The molecule has 12 heteroatoms. The number of benzene rings is 1. The molecule has 3 heterocycles. The van der Waals surface area contributed by atoms with Gasteiger partial charge in [0.25, 0.3) is 0 Å². The van der Waals surface area contributed by atoms with Gasteiger partial charge in [0.15, 0.2) is 0 Å². The number of aryl methyl sites for hydroxylation is 1. The molecule has 0 spiro atoms. The molecule has 4 rings (SSSR count). The van der Waals surface area contributed by atoms with Crippen molar-refractivity contribution in [3.05, 3.63) is 69.2 Å². The van der Waals surface area contributed by atoms with Gasteiger partial charge in [-0.25, -0.2) is 4.98 Å². The number of carbonyl (C=O) groups is 1. The van der Waals surface area contributed by atoms with E-state index in [1.165, 1.54) is 31.6 Å². The number of hydrogen-bond acceptors (Lipinski definition) is 8. The van der Waals surface area contributed by atoms with Crippen LogP contribution < -0.4 is 14.8 Å². The molecule has 0 saturated carbocycles. The van der Waals surface area contributed by atoms with Gasteiger partial charge in [-0.15, -0.1) is 11.3 Å². The first-order chi connectivity index (χ1) is 17.1. The third-order valence-corrected chi connectivity index (χ3v) is 7.47. The fourth-order valence-electron chi connectivity index (χ4n) is 3.73. The molecule has 0 aliphatic heterocycles. The molecule has 0 saturated heterocycles. The minimum atomic E-state index is -1.65. The highest BCUT2D eigenvalue weighted by Crippen LogP contribution is 2.48. The van der Waals surface area contributed by atoms with Crippen molar-refractivity contribution in [3.63, 3.8) is 0 Å². The summed E-state index contributed by atoms with van der Waals surface area (Å²) in [5, 5.41) is 19.5. The number of methoxy groups -OCH3 is 2. The van der Waals surface area contributed by atoms with E-state index in [-0.39, 0.29) is 21.5 Å². The zero-order chi connectivity index (χ0) is 26.2. The molecule has 0 radical (unpaired) electrons. The van der Waals surface area contributed by atoms with Crippen LogP contribution in [0.1, 0.15) is 28.9 Å². The van der Waals surface area contributed by atoms with Crippen molar-refractivity contribution in [2.45, 2.75) is 18.9 Å². The number of aromatic nitrogens is 4. The standard InChI is InChI=1S/C24H23Cl2N5O4S/c1-6-19(32)28-15-11-31(3)30-13(15)7-12-8-14-18(10-27-12)36-23(29-14)24(2,33)20-21(25)16(34-4)9-17(35-5)22(20)26/h6,8-11,33H,1,7H2,2-5H3,(H,28,32). The van der Waals surface area contributed by atoms with Crippen molar-refractivity contribution in [3.8, 4) is 11.5 Å². The second-order valence-electron chi connectivity index (χ2n) is 8.05. The van der Waals surface area contributed by atoms with Gasteiger partial charge in [-0.05, 0) is 19.1 Å². The molecule has 0 bridgehead atoms. The Balaban J connectivity index is 1.72. The van der Waals surface area contributed by atoms with Gasteiger partial charge < -0.3 is 19.9 Å². The van der Waals surface area contributed by atoms with Crippen LogP contribution in [0.2, 0.25) is 10.0 Å². The number of pyridine rings is 1. The van der Waals surface area contributed by atoms with E-state index in [0.717, 1.165) is 4.70 Å². The topological polar surface area (TPSA) is 111 Å². The van der Waals surface area contributed by atoms with E-state index in [9.17, 15) is 9.90 Å². The smallest absolute Gasteiger partial charge is 0.247 e. The molecule has 2 N–H and O–H groups in total. The predicted molar refractivity (Wildman–Crippen MR) is 140 cm³/mol. The van der Waals surface area contributed by atoms with Crippen LogP contribution in [0.3, 0.4) is 0 Å². The van der Waals surface area contributed by atoms with Crippen LogP contribution >= 0.6 is 34.5 Å². The lowest BCUT2D eigenvalue weighted by Crippen LogP contribution is -2.24. The van der Waals surface area contributed by atoms with Gasteiger partial charge in [0.1, 0.15) is 22.1 Å². The van der Waals surface area contributed by atoms with E-state index in [0.29, 0.717) is 45.5 Å². The molecule has 1 unspecified atom stereocenters. The minimum Gasteiger partial charge on any atom is -0.495 e. The van der Waals surface area contributed by atoms with Crippen LogP contribution in [-0.4, -0.2) is 45.0 Å². The SMILES string of the molecule is C=CC(=O)Nc1cn(C)nc1Cc1cc2nc(C(C)(O)c3c(Cl)c(OC)cc(OC)c3Cl)sc2cn1. The fourth-order valence-corrected chi connectivity index (χ4v) is 5.56. The van der Waals surface area contributed by atoms with Gasteiger partial charge in [-0.2, -0.15) is 5.10 Å². The summed E-state index contributed by atoms with van der Waals surface area (Å²) in [6.07, 6.45) is 4.95. The van der Waals surface area contributed by atoms with Crippen LogP contribution in [-0.2, 0) is 23.9 Å². The summed E-state index contributed by atoms with van der Waals surface area (Å²) >= 11 is 14.4. The Morgan fingerprint density at radius 3 is 2.56 bits per heavy atom.